The molecule has 4 rings (SSSR count). The molecule has 6 heteroatoms. The highest BCUT2D eigenvalue weighted by atomic mass is 35.5. The second kappa shape index (κ2) is 12.6. The zero-order valence-electron chi connectivity index (χ0n) is 22.5. The van der Waals surface area contributed by atoms with Gasteiger partial charge in [-0.15, -0.1) is 0 Å². The standard InChI is InChI=1S/C31H42ClN3O2/c1-21(2)17-28(30(36)14-12-24-10-9-22(3)27(32)18-24)34-16-15-26(13-11-23-7-5-4-6-8-23)35-20-25(33)19-29(35)31(34)37/h4-10,18,21,25-26,28-29H,11-17,19-20,33H2,1-3H3/t25-,26?,28-,29+/m1/s1. The molecule has 0 radical (unpaired) electrons. The van der Waals surface area contributed by atoms with Gasteiger partial charge in [0.1, 0.15) is 0 Å². The number of Topliss-reactive ketones (excluding diaryl/α,β-unsaturated/α-hetero) is 1. The van der Waals surface area contributed by atoms with E-state index in [1.54, 1.807) is 0 Å². The van der Waals surface area contributed by atoms with Gasteiger partial charge in [0, 0.05) is 36.6 Å². The summed E-state index contributed by atoms with van der Waals surface area (Å²) in [5.41, 5.74) is 9.79. The molecule has 200 valence electrons. The van der Waals surface area contributed by atoms with Crippen LogP contribution in [0, 0.1) is 12.8 Å². The summed E-state index contributed by atoms with van der Waals surface area (Å²) in [6.07, 6.45) is 5.24. The highest BCUT2D eigenvalue weighted by Crippen LogP contribution is 2.31. The summed E-state index contributed by atoms with van der Waals surface area (Å²) in [5.74, 6) is 0.553. The van der Waals surface area contributed by atoms with E-state index in [4.69, 9.17) is 17.3 Å². The molecule has 0 spiro atoms. The minimum atomic E-state index is -0.389. The van der Waals surface area contributed by atoms with Gasteiger partial charge >= 0.3 is 0 Å². The van der Waals surface area contributed by atoms with E-state index in [0.29, 0.717) is 38.1 Å². The average Bonchev–Trinajstić information content (AvgIpc) is 3.22. The van der Waals surface area contributed by atoms with Gasteiger partial charge in [0.25, 0.3) is 0 Å². The molecular weight excluding hydrogens is 482 g/mol. The van der Waals surface area contributed by atoms with Gasteiger partial charge in [-0.2, -0.15) is 0 Å². The highest BCUT2D eigenvalue weighted by Gasteiger charge is 2.45. The van der Waals surface area contributed by atoms with E-state index in [-0.39, 0.29) is 35.9 Å². The normalized spacial score (nSPS) is 23.2. The van der Waals surface area contributed by atoms with Gasteiger partial charge in [-0.05, 0) is 74.1 Å². The van der Waals surface area contributed by atoms with E-state index in [2.05, 4.69) is 43.0 Å². The maximum atomic E-state index is 13.9. The molecule has 2 aromatic rings. The van der Waals surface area contributed by atoms with Crippen LogP contribution in [0.15, 0.2) is 48.5 Å². The Bertz CT molecular complexity index is 1070. The van der Waals surface area contributed by atoms with Crippen molar-refractivity contribution >= 4 is 23.3 Å². The number of fused-ring (bicyclic) bond motifs is 1. The molecule has 2 N–H and O–H groups in total. The Morgan fingerprint density at radius 2 is 1.86 bits per heavy atom. The van der Waals surface area contributed by atoms with Crippen molar-refractivity contribution in [3.63, 3.8) is 0 Å². The van der Waals surface area contributed by atoms with Gasteiger partial charge < -0.3 is 10.6 Å². The molecule has 2 fully saturated rings. The Kier molecular flexibility index (Phi) is 9.44. The molecule has 2 aromatic carbocycles. The Balaban J connectivity index is 1.50. The van der Waals surface area contributed by atoms with Gasteiger partial charge in [-0.3, -0.25) is 14.5 Å². The quantitative estimate of drug-likeness (QED) is 0.465. The van der Waals surface area contributed by atoms with Crippen LogP contribution in [0.25, 0.3) is 0 Å². The van der Waals surface area contributed by atoms with Gasteiger partial charge in [-0.25, -0.2) is 0 Å². The van der Waals surface area contributed by atoms with Crippen LogP contribution >= 0.6 is 11.6 Å². The van der Waals surface area contributed by atoms with Gasteiger partial charge in [0.2, 0.25) is 5.91 Å². The third-order valence-corrected chi connectivity index (χ3v) is 8.47. The number of hydrogen-bond donors (Lipinski definition) is 1. The second-order valence-corrected chi connectivity index (χ2v) is 11.8. The van der Waals surface area contributed by atoms with Crippen molar-refractivity contribution in [1.29, 1.82) is 0 Å². The van der Waals surface area contributed by atoms with Crippen LogP contribution in [-0.4, -0.2) is 58.7 Å². The Morgan fingerprint density at radius 1 is 1.11 bits per heavy atom. The van der Waals surface area contributed by atoms with E-state index < -0.39 is 0 Å². The molecule has 2 aliphatic rings. The van der Waals surface area contributed by atoms with Crippen molar-refractivity contribution in [3.05, 3.63) is 70.2 Å². The zero-order valence-corrected chi connectivity index (χ0v) is 23.3. The number of benzene rings is 2. The number of halogens is 1. The molecule has 4 atom stereocenters. The van der Waals surface area contributed by atoms with Gasteiger partial charge in [0.05, 0.1) is 12.1 Å². The summed E-state index contributed by atoms with van der Waals surface area (Å²) >= 11 is 6.31. The zero-order chi connectivity index (χ0) is 26.5. The molecule has 0 aliphatic carbocycles. The lowest BCUT2D eigenvalue weighted by Gasteiger charge is -2.33. The number of ketones is 1. The summed E-state index contributed by atoms with van der Waals surface area (Å²) in [7, 11) is 0. The van der Waals surface area contributed by atoms with Crippen molar-refractivity contribution in [2.45, 2.75) is 89.9 Å². The molecule has 0 bridgehead atoms. The molecule has 5 nitrogen and oxygen atoms in total. The van der Waals surface area contributed by atoms with E-state index in [1.807, 2.05) is 36.1 Å². The van der Waals surface area contributed by atoms with Crippen molar-refractivity contribution in [3.8, 4) is 0 Å². The number of nitrogens with zero attached hydrogens (tertiary/aromatic N) is 2. The fourth-order valence-electron chi connectivity index (χ4n) is 6.00. The maximum absolute atomic E-state index is 13.9. The largest absolute Gasteiger partial charge is 0.331 e. The van der Waals surface area contributed by atoms with Gasteiger partial charge in [0.15, 0.2) is 5.78 Å². The van der Waals surface area contributed by atoms with Crippen LogP contribution < -0.4 is 5.73 Å². The molecule has 1 amide bonds. The number of carbonyl (C=O) groups is 2. The average molecular weight is 524 g/mol. The first-order valence-corrected chi connectivity index (χ1v) is 14.2. The van der Waals surface area contributed by atoms with Crippen LogP contribution in [0.5, 0.6) is 0 Å². The Labute approximate surface area is 227 Å². The molecule has 37 heavy (non-hydrogen) atoms. The second-order valence-electron chi connectivity index (χ2n) is 11.4. The first kappa shape index (κ1) is 27.8. The van der Waals surface area contributed by atoms with Crippen molar-refractivity contribution in [2.24, 2.45) is 11.7 Å². The lowest BCUT2D eigenvalue weighted by Crippen LogP contribution is -2.51. The Hall–Kier alpha value is -2.21. The van der Waals surface area contributed by atoms with Crippen molar-refractivity contribution < 1.29 is 9.59 Å². The number of aryl methyl sites for hydroxylation is 3. The van der Waals surface area contributed by atoms with Crippen molar-refractivity contribution in [2.75, 3.05) is 13.1 Å². The highest BCUT2D eigenvalue weighted by molar-refractivity contribution is 6.31. The van der Waals surface area contributed by atoms with Crippen molar-refractivity contribution in [1.82, 2.24) is 9.80 Å². The monoisotopic (exact) mass is 523 g/mol. The molecule has 2 aliphatic heterocycles. The summed E-state index contributed by atoms with van der Waals surface area (Å²) in [5, 5.41) is 0.727. The van der Waals surface area contributed by atoms with Crippen LogP contribution in [-0.2, 0) is 22.4 Å². The molecule has 0 saturated carbocycles. The third kappa shape index (κ3) is 7.01. The van der Waals surface area contributed by atoms with Crippen LogP contribution in [0.3, 0.4) is 0 Å². The number of hydrogen-bond acceptors (Lipinski definition) is 4. The molecule has 0 aromatic heterocycles. The molecular formula is C31H42ClN3O2. The number of nitrogens with two attached hydrogens (primary N) is 1. The van der Waals surface area contributed by atoms with Crippen LogP contribution in [0.4, 0.5) is 0 Å². The van der Waals surface area contributed by atoms with Crippen LogP contribution in [0.1, 0.15) is 62.6 Å². The summed E-state index contributed by atoms with van der Waals surface area (Å²) < 4.78 is 0. The molecule has 2 heterocycles. The number of amides is 1. The fourth-order valence-corrected chi connectivity index (χ4v) is 6.20. The lowest BCUT2D eigenvalue weighted by atomic mass is 9.94. The van der Waals surface area contributed by atoms with E-state index in [1.165, 1.54) is 5.56 Å². The fraction of sp³-hybridized carbons (Fsp3) is 0.548. The molecule has 2 saturated heterocycles. The van der Waals surface area contributed by atoms with E-state index in [9.17, 15) is 9.59 Å². The maximum Gasteiger partial charge on any atom is 0.240 e. The van der Waals surface area contributed by atoms with Gasteiger partial charge in [-0.1, -0.05) is 67.9 Å². The predicted octanol–water partition coefficient (Wildman–Crippen LogP) is 5.20. The Morgan fingerprint density at radius 3 is 2.57 bits per heavy atom. The summed E-state index contributed by atoms with van der Waals surface area (Å²) in [6, 6.07) is 16.2. The van der Waals surface area contributed by atoms with Crippen LogP contribution in [0.2, 0.25) is 5.02 Å². The third-order valence-electron chi connectivity index (χ3n) is 8.06. The summed E-state index contributed by atoms with van der Waals surface area (Å²) in [6.45, 7) is 7.61. The topological polar surface area (TPSA) is 66.6 Å². The minimum Gasteiger partial charge on any atom is -0.331 e. The minimum absolute atomic E-state index is 0.00124. The predicted molar refractivity (Wildman–Crippen MR) is 151 cm³/mol. The molecule has 1 unspecified atom stereocenters. The number of carbonyl (C=O) groups excluding carboxylic acids is 2. The smallest absolute Gasteiger partial charge is 0.240 e. The first-order chi connectivity index (χ1) is 17.7. The van der Waals surface area contributed by atoms with E-state index in [0.717, 1.165) is 42.0 Å². The first-order valence-electron chi connectivity index (χ1n) is 13.9. The lowest BCUT2D eigenvalue weighted by molar-refractivity contribution is -0.142. The SMILES string of the molecule is Cc1ccc(CCC(=O)[C@@H](CC(C)C)N2CCC(CCc3ccccc3)N3C[C@H](N)C[C@H]3C2=O)cc1Cl. The van der Waals surface area contributed by atoms with E-state index >= 15 is 0 Å². The summed E-state index contributed by atoms with van der Waals surface area (Å²) in [4.78, 5) is 31.8. The number of rotatable bonds is 10.